The van der Waals surface area contributed by atoms with E-state index in [9.17, 15) is 13.2 Å². The molecule has 1 aromatic rings. The van der Waals surface area contributed by atoms with Crippen LogP contribution in [0.1, 0.15) is 60.7 Å². The lowest BCUT2D eigenvalue weighted by molar-refractivity contribution is 0.0914. The van der Waals surface area contributed by atoms with Crippen molar-refractivity contribution in [3.63, 3.8) is 0 Å². The second-order valence-corrected chi connectivity index (χ2v) is 9.21. The van der Waals surface area contributed by atoms with Gasteiger partial charge in [-0.1, -0.05) is 5.16 Å². The number of nitrogens with one attached hydrogen (secondary N) is 1. The lowest BCUT2D eigenvalue weighted by Gasteiger charge is -2.28. The van der Waals surface area contributed by atoms with E-state index in [0.717, 1.165) is 44.3 Å². The quantitative estimate of drug-likeness (QED) is 0.760. The van der Waals surface area contributed by atoms with E-state index in [0.29, 0.717) is 11.6 Å². The number of hydrogen-bond donors (Lipinski definition) is 2. The Morgan fingerprint density at radius 1 is 1.25 bits per heavy atom. The van der Waals surface area contributed by atoms with Crippen LogP contribution in [-0.4, -0.2) is 43.6 Å². The third-order valence-electron chi connectivity index (χ3n) is 4.84. The van der Waals surface area contributed by atoms with E-state index in [4.69, 9.17) is 10.3 Å². The zero-order valence-corrected chi connectivity index (χ0v) is 14.6. The van der Waals surface area contributed by atoms with E-state index in [1.807, 2.05) is 0 Å². The summed E-state index contributed by atoms with van der Waals surface area (Å²) >= 11 is 0. The predicted octanol–water partition coefficient (Wildman–Crippen LogP) is 1.21. The van der Waals surface area contributed by atoms with Gasteiger partial charge in [0.25, 0.3) is 5.91 Å². The average Bonchev–Trinajstić information content (AvgIpc) is 3.26. The zero-order valence-electron chi connectivity index (χ0n) is 13.7. The molecule has 2 saturated carbocycles. The molecule has 8 heteroatoms. The Hall–Kier alpha value is -1.41. The molecule has 3 rings (SSSR count). The highest BCUT2D eigenvalue weighted by molar-refractivity contribution is 7.91. The molecule has 24 heavy (non-hydrogen) atoms. The average molecular weight is 355 g/mol. The number of amides is 1. The fourth-order valence-corrected chi connectivity index (χ4v) is 4.89. The van der Waals surface area contributed by atoms with Crippen LogP contribution in [0.3, 0.4) is 0 Å². The van der Waals surface area contributed by atoms with E-state index < -0.39 is 9.84 Å². The van der Waals surface area contributed by atoms with Gasteiger partial charge in [-0.25, -0.2) is 8.42 Å². The molecule has 1 heterocycles. The molecule has 0 bridgehead atoms. The first-order valence-corrected chi connectivity index (χ1v) is 10.5. The monoisotopic (exact) mass is 355 g/mol. The van der Waals surface area contributed by atoms with Gasteiger partial charge in [-0.05, 0) is 44.4 Å². The Balaban J connectivity index is 1.45. The molecule has 1 aromatic heterocycles. The summed E-state index contributed by atoms with van der Waals surface area (Å²) in [5.41, 5.74) is 5.67. The Bertz CT molecular complexity index is 673. The lowest BCUT2D eigenvalue weighted by atomic mass is 9.87. The largest absolute Gasteiger partial charge is 0.360 e. The number of nitrogens with zero attached hydrogens (tertiary/aromatic N) is 1. The highest BCUT2D eigenvalue weighted by Crippen LogP contribution is 2.40. The first kappa shape index (κ1) is 17.4. The SMILES string of the molecule is NCCS(=O)(=O)CC1CCC(NC(=O)c2cc(C3CC3)on2)CC1. The summed E-state index contributed by atoms with van der Waals surface area (Å²) in [4.78, 5) is 12.2. The van der Waals surface area contributed by atoms with Crippen LogP contribution < -0.4 is 11.1 Å². The lowest BCUT2D eigenvalue weighted by Crippen LogP contribution is -2.39. The minimum absolute atomic E-state index is 0.0547. The highest BCUT2D eigenvalue weighted by atomic mass is 32.2. The van der Waals surface area contributed by atoms with Crippen LogP contribution in [0.2, 0.25) is 0 Å². The Kier molecular flexibility index (Phi) is 5.24. The van der Waals surface area contributed by atoms with Crippen LogP contribution in [0.15, 0.2) is 10.6 Å². The third-order valence-corrected chi connectivity index (χ3v) is 6.68. The van der Waals surface area contributed by atoms with Crippen LogP contribution in [0.4, 0.5) is 0 Å². The smallest absolute Gasteiger partial charge is 0.273 e. The minimum Gasteiger partial charge on any atom is -0.360 e. The molecule has 0 radical (unpaired) electrons. The van der Waals surface area contributed by atoms with Gasteiger partial charge in [-0.3, -0.25) is 4.79 Å². The summed E-state index contributed by atoms with van der Waals surface area (Å²) in [7, 11) is -3.05. The predicted molar refractivity (Wildman–Crippen MR) is 89.4 cm³/mol. The highest BCUT2D eigenvalue weighted by Gasteiger charge is 2.30. The first-order valence-electron chi connectivity index (χ1n) is 8.65. The van der Waals surface area contributed by atoms with Gasteiger partial charge in [0, 0.05) is 24.6 Å². The summed E-state index contributed by atoms with van der Waals surface area (Å²) in [6.07, 6.45) is 5.41. The molecule has 0 aliphatic heterocycles. The van der Waals surface area contributed by atoms with Crippen molar-refractivity contribution < 1.29 is 17.7 Å². The molecule has 2 aliphatic carbocycles. The molecule has 0 atom stereocenters. The second kappa shape index (κ2) is 7.23. The molecular formula is C16H25N3O4S. The molecule has 0 saturated heterocycles. The van der Waals surface area contributed by atoms with Crippen molar-refractivity contribution in [1.82, 2.24) is 10.5 Å². The number of carbonyl (C=O) groups excluding carboxylic acids is 1. The topological polar surface area (TPSA) is 115 Å². The van der Waals surface area contributed by atoms with Crippen LogP contribution in [0.5, 0.6) is 0 Å². The maximum atomic E-state index is 12.2. The molecule has 2 fully saturated rings. The zero-order chi connectivity index (χ0) is 17.2. The Morgan fingerprint density at radius 3 is 2.58 bits per heavy atom. The summed E-state index contributed by atoms with van der Waals surface area (Å²) in [5, 5.41) is 6.83. The number of nitrogens with two attached hydrogens (primary N) is 1. The van der Waals surface area contributed by atoms with Crippen molar-refractivity contribution in [3.05, 3.63) is 17.5 Å². The number of aromatic nitrogens is 1. The van der Waals surface area contributed by atoms with Crippen LogP contribution in [0.25, 0.3) is 0 Å². The van der Waals surface area contributed by atoms with Crippen molar-refractivity contribution in [2.24, 2.45) is 11.7 Å². The Morgan fingerprint density at radius 2 is 1.96 bits per heavy atom. The summed E-state index contributed by atoms with van der Waals surface area (Å²) in [5.74, 6) is 1.46. The molecule has 134 valence electrons. The van der Waals surface area contributed by atoms with E-state index in [1.165, 1.54) is 0 Å². The molecule has 0 unspecified atom stereocenters. The summed E-state index contributed by atoms with van der Waals surface area (Å²) in [6.45, 7) is 0.175. The fraction of sp³-hybridized carbons (Fsp3) is 0.750. The van der Waals surface area contributed by atoms with Gasteiger partial charge in [-0.15, -0.1) is 0 Å². The minimum atomic E-state index is -3.05. The van der Waals surface area contributed by atoms with Crippen molar-refractivity contribution in [3.8, 4) is 0 Å². The second-order valence-electron chi connectivity index (χ2n) is 6.98. The summed E-state index contributed by atoms with van der Waals surface area (Å²) < 4.78 is 28.9. The van der Waals surface area contributed by atoms with Crippen LogP contribution in [0, 0.1) is 5.92 Å². The van der Waals surface area contributed by atoms with Gasteiger partial charge < -0.3 is 15.6 Å². The van der Waals surface area contributed by atoms with Gasteiger partial charge in [0.05, 0.1) is 11.5 Å². The van der Waals surface area contributed by atoms with E-state index in [1.54, 1.807) is 6.07 Å². The van der Waals surface area contributed by atoms with Gasteiger partial charge in [-0.2, -0.15) is 0 Å². The standard InChI is InChI=1S/C16H25N3O4S/c17-7-8-24(21,22)10-11-1-5-13(6-2-11)18-16(20)14-9-15(23-19-14)12-3-4-12/h9,11-13H,1-8,10,17H2,(H,18,20). The van der Waals surface area contributed by atoms with Crippen molar-refractivity contribution in [2.45, 2.75) is 50.5 Å². The maximum absolute atomic E-state index is 12.2. The van der Waals surface area contributed by atoms with Crippen LogP contribution >= 0.6 is 0 Å². The number of hydrogen-bond acceptors (Lipinski definition) is 6. The molecule has 0 spiro atoms. The molecule has 2 aliphatic rings. The van der Waals surface area contributed by atoms with Crippen molar-refractivity contribution in [2.75, 3.05) is 18.1 Å². The fourth-order valence-electron chi connectivity index (χ4n) is 3.31. The van der Waals surface area contributed by atoms with E-state index in [-0.39, 0.29) is 35.9 Å². The van der Waals surface area contributed by atoms with Gasteiger partial charge in [0.1, 0.15) is 5.76 Å². The van der Waals surface area contributed by atoms with E-state index >= 15 is 0 Å². The van der Waals surface area contributed by atoms with Gasteiger partial charge in [0.2, 0.25) is 0 Å². The number of rotatable bonds is 7. The van der Waals surface area contributed by atoms with Crippen LogP contribution in [-0.2, 0) is 9.84 Å². The maximum Gasteiger partial charge on any atom is 0.273 e. The van der Waals surface area contributed by atoms with Crippen molar-refractivity contribution in [1.29, 1.82) is 0 Å². The Labute approximate surface area is 142 Å². The first-order chi connectivity index (χ1) is 11.5. The van der Waals surface area contributed by atoms with Crippen molar-refractivity contribution >= 4 is 15.7 Å². The van der Waals surface area contributed by atoms with E-state index in [2.05, 4.69) is 10.5 Å². The molecule has 3 N–H and O–H groups in total. The van der Waals surface area contributed by atoms with Gasteiger partial charge >= 0.3 is 0 Å². The molecule has 0 aromatic carbocycles. The third kappa shape index (κ3) is 4.57. The molecule has 1 amide bonds. The number of carbonyl (C=O) groups is 1. The normalized spacial score (nSPS) is 24.7. The molecular weight excluding hydrogens is 330 g/mol. The molecule has 7 nitrogen and oxygen atoms in total. The van der Waals surface area contributed by atoms with Gasteiger partial charge in [0.15, 0.2) is 15.5 Å². The summed E-state index contributed by atoms with van der Waals surface area (Å²) in [6, 6.07) is 1.81. The number of sulfone groups is 1.